The van der Waals surface area contributed by atoms with Crippen molar-refractivity contribution in [3.63, 3.8) is 0 Å². The number of amides is 1. The fraction of sp³-hybridized carbons (Fsp3) is 0.400. The van der Waals surface area contributed by atoms with Gasteiger partial charge in [-0.15, -0.1) is 12.4 Å². The van der Waals surface area contributed by atoms with Crippen LogP contribution in [-0.4, -0.2) is 37.4 Å². The zero-order valence-electron chi connectivity index (χ0n) is 10.1. The SMILES string of the molecule is CC(CS(C)(=O)=O)NC(=O)c1cnccc1N.Cl. The van der Waals surface area contributed by atoms with Crippen LogP contribution in [0.15, 0.2) is 18.5 Å². The third-order valence-corrected chi connectivity index (χ3v) is 3.14. The van der Waals surface area contributed by atoms with Crippen molar-refractivity contribution in [3.8, 4) is 0 Å². The summed E-state index contributed by atoms with van der Waals surface area (Å²) in [6, 6.07) is 1.04. The minimum atomic E-state index is -3.12. The normalized spacial score (nSPS) is 12.3. The Labute approximate surface area is 112 Å². The largest absolute Gasteiger partial charge is 0.398 e. The van der Waals surface area contributed by atoms with Crippen LogP contribution in [0.5, 0.6) is 0 Å². The molecule has 6 nitrogen and oxygen atoms in total. The molecule has 0 bridgehead atoms. The van der Waals surface area contributed by atoms with Crippen molar-refractivity contribution in [2.45, 2.75) is 13.0 Å². The molecule has 1 atom stereocenters. The van der Waals surface area contributed by atoms with Crippen LogP contribution in [0.25, 0.3) is 0 Å². The van der Waals surface area contributed by atoms with Gasteiger partial charge >= 0.3 is 0 Å². The number of pyridine rings is 1. The maximum atomic E-state index is 11.7. The predicted molar refractivity (Wildman–Crippen MR) is 72.5 cm³/mol. The third kappa shape index (κ3) is 5.33. The van der Waals surface area contributed by atoms with Crippen molar-refractivity contribution in [2.75, 3.05) is 17.7 Å². The molecule has 0 spiro atoms. The van der Waals surface area contributed by atoms with Gasteiger partial charge in [0.05, 0.1) is 11.3 Å². The number of halogens is 1. The summed E-state index contributed by atoms with van der Waals surface area (Å²) in [5.74, 6) is -0.537. The molecule has 1 heterocycles. The molecule has 0 fully saturated rings. The lowest BCUT2D eigenvalue weighted by atomic mass is 10.2. The van der Waals surface area contributed by atoms with Crippen LogP contribution in [-0.2, 0) is 9.84 Å². The van der Waals surface area contributed by atoms with Crippen LogP contribution in [0, 0.1) is 0 Å². The van der Waals surface area contributed by atoms with E-state index in [-0.39, 0.29) is 23.7 Å². The molecule has 1 rings (SSSR count). The second-order valence-corrected chi connectivity index (χ2v) is 6.11. The van der Waals surface area contributed by atoms with E-state index in [1.165, 1.54) is 18.5 Å². The summed E-state index contributed by atoms with van der Waals surface area (Å²) in [4.78, 5) is 15.5. The summed E-state index contributed by atoms with van der Waals surface area (Å²) in [6.07, 6.45) is 3.94. The first kappa shape index (κ1) is 16.7. The van der Waals surface area contributed by atoms with E-state index in [0.717, 1.165) is 6.26 Å². The van der Waals surface area contributed by atoms with Gasteiger partial charge in [-0.1, -0.05) is 0 Å². The maximum absolute atomic E-state index is 11.7. The highest BCUT2D eigenvalue weighted by Crippen LogP contribution is 2.08. The number of carbonyl (C=O) groups excluding carboxylic acids is 1. The molecule has 0 saturated carbocycles. The van der Waals surface area contributed by atoms with Crippen LogP contribution in [0.1, 0.15) is 17.3 Å². The Kier molecular flexibility index (Phi) is 6.07. The van der Waals surface area contributed by atoms with E-state index in [1.807, 2.05) is 0 Å². The molecule has 0 saturated heterocycles. The van der Waals surface area contributed by atoms with Gasteiger partial charge in [-0.2, -0.15) is 0 Å². The first-order chi connectivity index (χ1) is 7.79. The van der Waals surface area contributed by atoms with E-state index in [0.29, 0.717) is 5.69 Å². The van der Waals surface area contributed by atoms with E-state index in [1.54, 1.807) is 6.92 Å². The second kappa shape index (κ2) is 6.55. The van der Waals surface area contributed by atoms with Gasteiger partial charge < -0.3 is 11.1 Å². The molecule has 8 heteroatoms. The highest BCUT2D eigenvalue weighted by molar-refractivity contribution is 7.90. The standard InChI is InChI=1S/C10H15N3O3S.ClH/c1-7(6-17(2,15)16)13-10(14)8-5-12-4-3-9(8)11;/h3-5,7H,6H2,1-2H3,(H2,11,12)(H,13,14);1H. The number of aromatic nitrogens is 1. The molecule has 0 radical (unpaired) electrons. The Balaban J connectivity index is 0.00000289. The zero-order chi connectivity index (χ0) is 13.1. The first-order valence-corrected chi connectivity index (χ1v) is 7.03. The fourth-order valence-corrected chi connectivity index (χ4v) is 2.38. The number of nitrogens with one attached hydrogen (secondary N) is 1. The van der Waals surface area contributed by atoms with Crippen LogP contribution in [0.3, 0.4) is 0 Å². The van der Waals surface area contributed by atoms with Gasteiger partial charge in [0.1, 0.15) is 9.84 Å². The third-order valence-electron chi connectivity index (χ3n) is 2.03. The van der Waals surface area contributed by atoms with Crippen LogP contribution in [0.4, 0.5) is 5.69 Å². The molecule has 0 aliphatic rings. The summed E-state index contributed by atoms with van der Waals surface area (Å²) >= 11 is 0. The van der Waals surface area contributed by atoms with Crippen LogP contribution >= 0.6 is 12.4 Å². The molecule has 102 valence electrons. The van der Waals surface area contributed by atoms with Gasteiger partial charge in [0, 0.05) is 30.4 Å². The summed E-state index contributed by atoms with van der Waals surface area (Å²) in [5.41, 5.74) is 6.16. The molecule has 1 amide bonds. The molecule has 1 unspecified atom stereocenters. The molecular weight excluding hydrogens is 278 g/mol. The van der Waals surface area contributed by atoms with Gasteiger partial charge in [-0.05, 0) is 13.0 Å². The second-order valence-electron chi connectivity index (χ2n) is 3.93. The topological polar surface area (TPSA) is 102 Å². The number of sulfone groups is 1. The van der Waals surface area contributed by atoms with E-state index in [4.69, 9.17) is 5.73 Å². The number of anilines is 1. The molecular formula is C10H16ClN3O3S. The van der Waals surface area contributed by atoms with Crippen molar-refractivity contribution >= 4 is 33.8 Å². The predicted octanol–water partition coefficient (Wildman–Crippen LogP) is 0.248. The van der Waals surface area contributed by atoms with Gasteiger partial charge in [-0.25, -0.2) is 8.42 Å². The smallest absolute Gasteiger partial charge is 0.255 e. The zero-order valence-corrected chi connectivity index (χ0v) is 11.7. The Morgan fingerprint density at radius 3 is 2.67 bits per heavy atom. The Bertz CT molecular complexity index is 519. The van der Waals surface area contributed by atoms with Crippen LogP contribution in [0.2, 0.25) is 0 Å². The number of hydrogen-bond acceptors (Lipinski definition) is 5. The summed E-state index contributed by atoms with van der Waals surface area (Å²) in [7, 11) is -3.12. The molecule has 0 aliphatic heterocycles. The van der Waals surface area contributed by atoms with Crippen molar-refractivity contribution in [3.05, 3.63) is 24.0 Å². The molecule has 1 aromatic heterocycles. The summed E-state index contributed by atoms with van der Waals surface area (Å²) < 4.78 is 22.1. The fourth-order valence-electron chi connectivity index (χ4n) is 1.39. The molecule has 0 aliphatic carbocycles. The minimum absolute atomic E-state index is 0. The average Bonchev–Trinajstić information content (AvgIpc) is 2.14. The molecule has 3 N–H and O–H groups in total. The molecule has 18 heavy (non-hydrogen) atoms. The number of rotatable bonds is 4. The van der Waals surface area contributed by atoms with Gasteiger partial charge in [0.15, 0.2) is 0 Å². The van der Waals surface area contributed by atoms with Gasteiger partial charge in [0.25, 0.3) is 5.91 Å². The summed E-state index contributed by atoms with van der Waals surface area (Å²) in [5, 5.41) is 2.56. The lowest BCUT2D eigenvalue weighted by Crippen LogP contribution is -2.37. The van der Waals surface area contributed by atoms with Crippen molar-refractivity contribution in [1.82, 2.24) is 10.3 Å². The number of nitrogens with two attached hydrogens (primary N) is 1. The summed E-state index contributed by atoms with van der Waals surface area (Å²) in [6.45, 7) is 1.62. The van der Waals surface area contributed by atoms with Crippen molar-refractivity contribution in [1.29, 1.82) is 0 Å². The quantitative estimate of drug-likeness (QED) is 0.828. The minimum Gasteiger partial charge on any atom is -0.398 e. The lowest BCUT2D eigenvalue weighted by Gasteiger charge is -2.13. The van der Waals surface area contributed by atoms with E-state index in [9.17, 15) is 13.2 Å². The maximum Gasteiger partial charge on any atom is 0.255 e. The number of hydrogen-bond donors (Lipinski definition) is 2. The van der Waals surface area contributed by atoms with E-state index in [2.05, 4.69) is 10.3 Å². The number of carbonyl (C=O) groups is 1. The highest BCUT2D eigenvalue weighted by atomic mass is 35.5. The Morgan fingerprint density at radius 1 is 1.56 bits per heavy atom. The van der Waals surface area contributed by atoms with E-state index < -0.39 is 21.8 Å². The Morgan fingerprint density at radius 2 is 2.17 bits per heavy atom. The van der Waals surface area contributed by atoms with Gasteiger partial charge in [0.2, 0.25) is 0 Å². The van der Waals surface area contributed by atoms with Crippen molar-refractivity contribution in [2.24, 2.45) is 0 Å². The number of nitrogen functional groups attached to an aromatic ring is 1. The Hall–Kier alpha value is -1.34. The highest BCUT2D eigenvalue weighted by Gasteiger charge is 2.15. The van der Waals surface area contributed by atoms with Crippen molar-refractivity contribution < 1.29 is 13.2 Å². The van der Waals surface area contributed by atoms with E-state index >= 15 is 0 Å². The number of nitrogens with zero attached hydrogens (tertiary/aromatic N) is 1. The average molecular weight is 294 g/mol. The first-order valence-electron chi connectivity index (χ1n) is 4.97. The van der Waals surface area contributed by atoms with Gasteiger partial charge in [-0.3, -0.25) is 9.78 Å². The molecule has 1 aromatic rings. The van der Waals surface area contributed by atoms with Crippen LogP contribution < -0.4 is 11.1 Å². The monoisotopic (exact) mass is 293 g/mol. The molecule has 0 aromatic carbocycles. The lowest BCUT2D eigenvalue weighted by molar-refractivity contribution is 0.0944.